The molecule has 0 aliphatic carbocycles. The first-order chi connectivity index (χ1) is 4.59. The van der Waals surface area contributed by atoms with Gasteiger partial charge in [0.1, 0.15) is 5.92 Å². The lowest BCUT2D eigenvalue weighted by atomic mass is 10.1. The van der Waals surface area contributed by atoms with Gasteiger partial charge >= 0.3 is 5.97 Å². The second-order valence-corrected chi connectivity index (χ2v) is 1.86. The van der Waals surface area contributed by atoms with Crippen LogP contribution >= 0.6 is 0 Å². The minimum Gasteiger partial charge on any atom is -0.481 e. The fraction of sp³-hybridized carbons (Fsp3) is 0.800. The number of hydrogen-bond donors (Lipinski definition) is 2. The van der Waals surface area contributed by atoms with Crippen molar-refractivity contribution in [2.45, 2.75) is 12.8 Å². The van der Waals surface area contributed by atoms with Gasteiger partial charge in [-0.25, -0.2) is 8.78 Å². The highest BCUT2D eigenvalue weighted by Gasteiger charge is 2.26. The molecule has 0 amide bonds. The van der Waals surface area contributed by atoms with E-state index in [1.54, 1.807) is 0 Å². The van der Waals surface area contributed by atoms with E-state index in [4.69, 9.17) is 10.8 Å². The summed E-state index contributed by atoms with van der Waals surface area (Å²) in [7, 11) is 0. The monoisotopic (exact) mass is 153 g/mol. The van der Waals surface area contributed by atoms with Crippen molar-refractivity contribution in [3.05, 3.63) is 0 Å². The third-order valence-electron chi connectivity index (χ3n) is 1.10. The molecule has 0 aliphatic rings. The number of aliphatic carboxylic acids is 1. The molecular weight excluding hydrogens is 144 g/mol. The van der Waals surface area contributed by atoms with Gasteiger partial charge in [-0.2, -0.15) is 0 Å². The number of carbonyl (C=O) groups is 1. The third-order valence-corrected chi connectivity index (χ3v) is 1.10. The molecule has 5 heteroatoms. The number of carboxylic acid groups (broad SMARTS) is 1. The van der Waals surface area contributed by atoms with Crippen LogP contribution in [0.1, 0.15) is 6.42 Å². The zero-order chi connectivity index (χ0) is 8.15. The Bertz CT molecular complexity index is 118. The summed E-state index contributed by atoms with van der Waals surface area (Å²) in [6.45, 7) is -0.0265. The highest BCUT2D eigenvalue weighted by molar-refractivity contribution is 5.70. The first-order valence-electron chi connectivity index (χ1n) is 2.80. The summed E-state index contributed by atoms with van der Waals surface area (Å²) < 4.78 is 23.4. The Labute approximate surface area is 56.8 Å². The molecule has 3 nitrogen and oxygen atoms in total. The topological polar surface area (TPSA) is 63.3 Å². The Balaban J connectivity index is 3.85. The predicted molar refractivity (Wildman–Crippen MR) is 30.8 cm³/mol. The normalized spacial score (nSPS) is 13.6. The van der Waals surface area contributed by atoms with E-state index < -0.39 is 18.3 Å². The summed E-state index contributed by atoms with van der Waals surface area (Å²) in [6.07, 6.45) is -2.99. The molecule has 0 rings (SSSR count). The van der Waals surface area contributed by atoms with Crippen molar-refractivity contribution in [1.29, 1.82) is 0 Å². The molecule has 0 heterocycles. The van der Waals surface area contributed by atoms with Gasteiger partial charge in [0.15, 0.2) is 0 Å². The van der Waals surface area contributed by atoms with E-state index in [-0.39, 0.29) is 13.0 Å². The van der Waals surface area contributed by atoms with Gasteiger partial charge in [-0.15, -0.1) is 0 Å². The molecule has 0 aromatic rings. The molecule has 0 saturated heterocycles. The average Bonchev–Trinajstić information content (AvgIpc) is 1.81. The SMILES string of the molecule is NCC[C@H](C(=O)O)C(F)F. The van der Waals surface area contributed by atoms with Crippen LogP contribution in [0.4, 0.5) is 8.78 Å². The van der Waals surface area contributed by atoms with Gasteiger partial charge in [0.2, 0.25) is 0 Å². The number of carboxylic acids is 1. The smallest absolute Gasteiger partial charge is 0.312 e. The zero-order valence-electron chi connectivity index (χ0n) is 5.26. The molecule has 60 valence electrons. The summed E-state index contributed by atoms with van der Waals surface area (Å²) in [6, 6.07) is 0. The van der Waals surface area contributed by atoms with Crippen LogP contribution in [0.2, 0.25) is 0 Å². The number of nitrogens with two attached hydrogens (primary N) is 1. The Morgan fingerprint density at radius 3 is 2.20 bits per heavy atom. The Morgan fingerprint density at radius 1 is 1.60 bits per heavy atom. The van der Waals surface area contributed by atoms with Crippen LogP contribution in [0.3, 0.4) is 0 Å². The summed E-state index contributed by atoms with van der Waals surface area (Å²) in [5.74, 6) is -3.09. The number of hydrogen-bond acceptors (Lipinski definition) is 2. The molecule has 0 aromatic carbocycles. The predicted octanol–water partition coefficient (Wildman–Crippen LogP) is 0.301. The van der Waals surface area contributed by atoms with Crippen LogP contribution in [-0.4, -0.2) is 24.0 Å². The molecule has 0 spiro atoms. The van der Waals surface area contributed by atoms with Gasteiger partial charge < -0.3 is 10.8 Å². The van der Waals surface area contributed by atoms with E-state index in [9.17, 15) is 13.6 Å². The summed E-state index contributed by atoms with van der Waals surface area (Å²) >= 11 is 0. The molecule has 10 heavy (non-hydrogen) atoms. The number of alkyl halides is 2. The second kappa shape index (κ2) is 4.16. The van der Waals surface area contributed by atoms with Crippen molar-refractivity contribution in [3.63, 3.8) is 0 Å². The maximum atomic E-state index is 11.7. The van der Waals surface area contributed by atoms with Crippen LogP contribution in [0.25, 0.3) is 0 Å². The van der Waals surface area contributed by atoms with Crippen LogP contribution in [0, 0.1) is 5.92 Å². The molecule has 0 unspecified atom stereocenters. The summed E-state index contributed by atoms with van der Waals surface area (Å²) in [5.41, 5.74) is 4.91. The highest BCUT2D eigenvalue weighted by atomic mass is 19.3. The van der Waals surface area contributed by atoms with E-state index >= 15 is 0 Å². The Hall–Kier alpha value is -0.710. The molecule has 0 saturated carbocycles. The molecule has 0 aliphatic heterocycles. The van der Waals surface area contributed by atoms with Gasteiger partial charge in [-0.1, -0.05) is 0 Å². The van der Waals surface area contributed by atoms with Crippen molar-refractivity contribution in [1.82, 2.24) is 0 Å². The van der Waals surface area contributed by atoms with Crippen molar-refractivity contribution in [3.8, 4) is 0 Å². The van der Waals surface area contributed by atoms with Crippen LogP contribution < -0.4 is 5.73 Å². The summed E-state index contributed by atoms with van der Waals surface area (Å²) in [4.78, 5) is 10.00. The van der Waals surface area contributed by atoms with Gasteiger partial charge in [0, 0.05) is 0 Å². The highest BCUT2D eigenvalue weighted by Crippen LogP contribution is 2.12. The summed E-state index contributed by atoms with van der Waals surface area (Å²) in [5, 5.41) is 8.14. The average molecular weight is 153 g/mol. The minimum atomic E-state index is -2.82. The van der Waals surface area contributed by atoms with E-state index in [1.807, 2.05) is 0 Å². The molecule has 0 aromatic heterocycles. The molecule has 0 fully saturated rings. The van der Waals surface area contributed by atoms with Gasteiger partial charge in [0.25, 0.3) is 6.43 Å². The molecular formula is C5H9F2NO2. The van der Waals surface area contributed by atoms with Crippen molar-refractivity contribution in [2.24, 2.45) is 11.7 Å². The lowest BCUT2D eigenvalue weighted by Gasteiger charge is -2.07. The zero-order valence-corrected chi connectivity index (χ0v) is 5.26. The van der Waals surface area contributed by atoms with Crippen LogP contribution in [-0.2, 0) is 4.79 Å². The third kappa shape index (κ3) is 2.72. The maximum absolute atomic E-state index is 11.7. The maximum Gasteiger partial charge on any atom is 0.312 e. The quantitative estimate of drug-likeness (QED) is 0.610. The van der Waals surface area contributed by atoms with Gasteiger partial charge in [-0.3, -0.25) is 4.79 Å². The van der Waals surface area contributed by atoms with E-state index in [1.165, 1.54) is 0 Å². The molecule has 0 bridgehead atoms. The standard InChI is InChI=1S/C5H9F2NO2/c6-4(7)3(1-2-8)5(9)10/h3-4H,1-2,8H2,(H,9,10)/t3-/m0/s1. The fourth-order valence-electron chi connectivity index (χ4n) is 0.537. The van der Waals surface area contributed by atoms with Gasteiger partial charge in [-0.05, 0) is 13.0 Å². The molecule has 3 N–H and O–H groups in total. The van der Waals surface area contributed by atoms with E-state index in [2.05, 4.69) is 0 Å². The largest absolute Gasteiger partial charge is 0.481 e. The lowest BCUT2D eigenvalue weighted by molar-refractivity contribution is -0.147. The Kier molecular flexibility index (Phi) is 3.87. The Morgan fingerprint density at radius 2 is 2.10 bits per heavy atom. The fourth-order valence-corrected chi connectivity index (χ4v) is 0.537. The van der Waals surface area contributed by atoms with E-state index in [0.29, 0.717) is 0 Å². The van der Waals surface area contributed by atoms with E-state index in [0.717, 1.165) is 0 Å². The van der Waals surface area contributed by atoms with Gasteiger partial charge in [0.05, 0.1) is 0 Å². The first kappa shape index (κ1) is 9.29. The van der Waals surface area contributed by atoms with Crippen molar-refractivity contribution < 1.29 is 18.7 Å². The molecule has 1 atom stereocenters. The number of halogens is 2. The minimum absolute atomic E-state index is 0.0265. The first-order valence-corrected chi connectivity index (χ1v) is 2.80. The molecule has 0 radical (unpaired) electrons. The number of rotatable bonds is 4. The van der Waals surface area contributed by atoms with Crippen molar-refractivity contribution >= 4 is 5.97 Å². The lowest BCUT2D eigenvalue weighted by Crippen LogP contribution is -2.24. The van der Waals surface area contributed by atoms with Crippen LogP contribution in [0.5, 0.6) is 0 Å². The second-order valence-electron chi connectivity index (χ2n) is 1.86. The van der Waals surface area contributed by atoms with Crippen molar-refractivity contribution in [2.75, 3.05) is 6.54 Å². The van der Waals surface area contributed by atoms with Crippen LogP contribution in [0.15, 0.2) is 0 Å².